The van der Waals surface area contributed by atoms with Crippen molar-refractivity contribution in [1.29, 1.82) is 0 Å². The summed E-state index contributed by atoms with van der Waals surface area (Å²) in [5, 5.41) is 2.75. The van der Waals surface area contributed by atoms with Crippen LogP contribution in [0.15, 0.2) is 54.6 Å². The molecule has 0 aliphatic carbocycles. The highest BCUT2D eigenvalue weighted by Gasteiger charge is 2.29. The Morgan fingerprint density at radius 3 is 2.27 bits per heavy atom. The number of benzene rings is 2. The molecule has 1 amide bonds. The molecule has 6 nitrogen and oxygen atoms in total. The maximum Gasteiger partial charge on any atom is 0.247 e. The molecular weight excluding hydrogens is 352 g/mol. The second-order valence-electron chi connectivity index (χ2n) is 6.25. The van der Waals surface area contributed by atoms with Crippen molar-refractivity contribution in [2.75, 3.05) is 15.9 Å². The van der Waals surface area contributed by atoms with Gasteiger partial charge in [0.2, 0.25) is 15.9 Å². The fourth-order valence-corrected chi connectivity index (χ4v) is 3.72. The Balaban J connectivity index is 2.22. The van der Waals surface area contributed by atoms with Crippen molar-refractivity contribution in [2.45, 2.75) is 32.9 Å². The standard InChI is InChI=1S/C19H24N2O4S/c1-14(2)25-18-12-8-9-16(13-18)20-19(22)15(3)21(26(4,23)24)17-10-6-5-7-11-17/h5-15H,1-4H3,(H,20,22)/t15-/m0/s1. The lowest BCUT2D eigenvalue weighted by molar-refractivity contribution is -0.116. The van der Waals surface area contributed by atoms with Crippen molar-refractivity contribution < 1.29 is 17.9 Å². The van der Waals surface area contributed by atoms with Gasteiger partial charge in [-0.05, 0) is 45.0 Å². The van der Waals surface area contributed by atoms with Crippen LogP contribution in [0.25, 0.3) is 0 Å². The summed E-state index contributed by atoms with van der Waals surface area (Å²) in [7, 11) is -3.63. The molecule has 140 valence electrons. The largest absolute Gasteiger partial charge is 0.491 e. The van der Waals surface area contributed by atoms with Gasteiger partial charge < -0.3 is 10.1 Å². The van der Waals surface area contributed by atoms with Gasteiger partial charge in [-0.3, -0.25) is 9.10 Å². The summed E-state index contributed by atoms with van der Waals surface area (Å²) < 4.78 is 31.2. The maximum absolute atomic E-state index is 12.6. The molecule has 0 aliphatic rings. The summed E-state index contributed by atoms with van der Waals surface area (Å²) in [5.74, 6) is 0.203. The monoisotopic (exact) mass is 376 g/mol. The lowest BCUT2D eigenvalue weighted by Gasteiger charge is -2.28. The number of hydrogen-bond donors (Lipinski definition) is 1. The van der Waals surface area contributed by atoms with Crippen LogP contribution in [0.3, 0.4) is 0 Å². The van der Waals surface area contributed by atoms with Crippen LogP contribution in [0.1, 0.15) is 20.8 Å². The van der Waals surface area contributed by atoms with Gasteiger partial charge in [0.1, 0.15) is 11.8 Å². The van der Waals surface area contributed by atoms with E-state index < -0.39 is 22.0 Å². The molecule has 0 radical (unpaired) electrons. The zero-order chi connectivity index (χ0) is 19.3. The molecule has 2 rings (SSSR count). The van der Waals surface area contributed by atoms with Crippen LogP contribution in [-0.2, 0) is 14.8 Å². The number of ether oxygens (including phenoxy) is 1. The molecule has 0 spiro atoms. The topological polar surface area (TPSA) is 75.7 Å². The fraction of sp³-hybridized carbons (Fsp3) is 0.316. The summed E-state index contributed by atoms with van der Waals surface area (Å²) in [6, 6.07) is 14.6. The second kappa shape index (κ2) is 8.23. The van der Waals surface area contributed by atoms with E-state index in [4.69, 9.17) is 4.74 Å². The minimum Gasteiger partial charge on any atom is -0.491 e. The number of rotatable bonds is 7. The Morgan fingerprint density at radius 2 is 1.69 bits per heavy atom. The molecule has 26 heavy (non-hydrogen) atoms. The second-order valence-corrected chi connectivity index (χ2v) is 8.11. The predicted octanol–water partition coefficient (Wildman–Crippen LogP) is 3.27. The number of carbonyl (C=O) groups is 1. The van der Waals surface area contributed by atoms with Crippen molar-refractivity contribution in [3.05, 3.63) is 54.6 Å². The minimum absolute atomic E-state index is 0.0127. The highest BCUT2D eigenvalue weighted by molar-refractivity contribution is 7.92. The fourth-order valence-electron chi connectivity index (χ4n) is 2.55. The molecule has 2 aromatic carbocycles. The molecule has 0 saturated heterocycles. The van der Waals surface area contributed by atoms with Gasteiger partial charge >= 0.3 is 0 Å². The van der Waals surface area contributed by atoms with Crippen molar-refractivity contribution >= 4 is 27.3 Å². The van der Waals surface area contributed by atoms with E-state index in [1.165, 1.54) is 0 Å². The molecule has 0 bridgehead atoms. The van der Waals surface area contributed by atoms with Gasteiger partial charge in [-0.15, -0.1) is 0 Å². The average Bonchev–Trinajstić information content (AvgIpc) is 2.54. The average molecular weight is 376 g/mol. The van der Waals surface area contributed by atoms with Gasteiger partial charge in [0.25, 0.3) is 0 Å². The number of para-hydroxylation sites is 1. The van der Waals surface area contributed by atoms with Gasteiger partial charge in [0, 0.05) is 11.8 Å². The van der Waals surface area contributed by atoms with Crippen molar-refractivity contribution in [1.82, 2.24) is 0 Å². The van der Waals surface area contributed by atoms with E-state index in [-0.39, 0.29) is 6.10 Å². The molecule has 0 fully saturated rings. The summed E-state index contributed by atoms with van der Waals surface area (Å²) in [6.07, 6.45) is 1.10. The Morgan fingerprint density at radius 1 is 1.04 bits per heavy atom. The van der Waals surface area contributed by atoms with Crippen molar-refractivity contribution in [3.63, 3.8) is 0 Å². The zero-order valence-corrected chi connectivity index (χ0v) is 16.2. The summed E-state index contributed by atoms with van der Waals surface area (Å²) >= 11 is 0. The van der Waals surface area contributed by atoms with Crippen molar-refractivity contribution in [2.24, 2.45) is 0 Å². The molecule has 0 aromatic heterocycles. The molecule has 7 heteroatoms. The van der Waals surface area contributed by atoms with E-state index >= 15 is 0 Å². The lowest BCUT2D eigenvalue weighted by Crippen LogP contribution is -2.45. The van der Waals surface area contributed by atoms with Crippen molar-refractivity contribution in [3.8, 4) is 5.75 Å². The van der Waals surface area contributed by atoms with Crippen LogP contribution in [0, 0.1) is 0 Å². The quantitative estimate of drug-likeness (QED) is 0.805. The van der Waals surface area contributed by atoms with E-state index in [0.29, 0.717) is 17.1 Å². The van der Waals surface area contributed by atoms with E-state index in [9.17, 15) is 13.2 Å². The number of hydrogen-bond acceptors (Lipinski definition) is 4. The Hall–Kier alpha value is -2.54. The highest BCUT2D eigenvalue weighted by Crippen LogP contribution is 2.22. The molecule has 0 heterocycles. The number of nitrogens with one attached hydrogen (secondary N) is 1. The summed E-state index contributed by atoms with van der Waals surface area (Å²) in [5.41, 5.74) is 0.982. The van der Waals surface area contributed by atoms with E-state index in [0.717, 1.165) is 10.6 Å². The smallest absolute Gasteiger partial charge is 0.247 e. The third kappa shape index (κ3) is 5.23. The molecule has 1 N–H and O–H groups in total. The molecule has 2 aromatic rings. The van der Waals surface area contributed by atoms with Crippen LogP contribution in [-0.4, -0.2) is 32.7 Å². The summed E-state index contributed by atoms with van der Waals surface area (Å²) in [4.78, 5) is 12.6. The normalized spacial score (nSPS) is 12.5. The molecule has 1 atom stereocenters. The maximum atomic E-state index is 12.6. The minimum atomic E-state index is -3.63. The third-order valence-corrected chi connectivity index (χ3v) is 4.81. The highest BCUT2D eigenvalue weighted by atomic mass is 32.2. The van der Waals surface area contributed by atoms with Gasteiger partial charge in [0.05, 0.1) is 18.0 Å². The molecule has 0 aliphatic heterocycles. The van der Waals surface area contributed by atoms with Gasteiger partial charge in [-0.25, -0.2) is 8.42 Å². The lowest BCUT2D eigenvalue weighted by atomic mass is 10.2. The number of anilines is 2. The number of nitrogens with zero attached hydrogens (tertiary/aromatic N) is 1. The van der Waals surface area contributed by atoms with Crippen LogP contribution in [0.4, 0.5) is 11.4 Å². The number of carbonyl (C=O) groups excluding carboxylic acids is 1. The first kappa shape index (κ1) is 19.8. The Kier molecular flexibility index (Phi) is 6.26. The first-order valence-electron chi connectivity index (χ1n) is 8.30. The van der Waals surface area contributed by atoms with Gasteiger partial charge in [-0.2, -0.15) is 0 Å². The van der Waals surface area contributed by atoms with Gasteiger partial charge in [-0.1, -0.05) is 24.3 Å². The Bertz CT molecular complexity index is 851. The molecular formula is C19H24N2O4S. The van der Waals surface area contributed by atoms with Crippen LogP contribution in [0.5, 0.6) is 5.75 Å². The first-order chi connectivity index (χ1) is 12.2. The van der Waals surface area contributed by atoms with Crippen LogP contribution >= 0.6 is 0 Å². The van der Waals surface area contributed by atoms with E-state index in [1.54, 1.807) is 61.5 Å². The molecule has 0 unspecified atom stereocenters. The SMILES string of the molecule is CC(C)Oc1cccc(NC(=O)[C@H](C)N(c2ccccc2)S(C)(=O)=O)c1. The Labute approximate surface area is 154 Å². The summed E-state index contributed by atoms with van der Waals surface area (Å²) in [6.45, 7) is 5.38. The van der Waals surface area contributed by atoms with Crippen LogP contribution in [0.2, 0.25) is 0 Å². The van der Waals surface area contributed by atoms with Crippen LogP contribution < -0.4 is 14.4 Å². The van der Waals surface area contributed by atoms with E-state index in [2.05, 4.69) is 5.32 Å². The third-order valence-electron chi connectivity index (χ3n) is 3.57. The first-order valence-corrected chi connectivity index (χ1v) is 10.2. The number of sulfonamides is 1. The predicted molar refractivity (Wildman–Crippen MR) is 104 cm³/mol. The van der Waals surface area contributed by atoms with E-state index in [1.807, 2.05) is 13.8 Å². The number of amides is 1. The molecule has 0 saturated carbocycles. The zero-order valence-electron chi connectivity index (χ0n) is 15.3. The van der Waals surface area contributed by atoms with Gasteiger partial charge in [0.15, 0.2) is 0 Å².